The first kappa shape index (κ1) is 19.7. The lowest BCUT2D eigenvalue weighted by Gasteiger charge is -2.35. The Bertz CT molecular complexity index is 580. The number of esters is 1. The molecule has 6 heteroatoms. The molecular weight excluding hydrogens is 334 g/mol. The fourth-order valence-electron chi connectivity index (χ4n) is 3.32. The Morgan fingerprint density at radius 1 is 1.40 bits per heavy atom. The average Bonchev–Trinajstić information content (AvgIpc) is 2.65. The van der Waals surface area contributed by atoms with Gasteiger partial charge in [0.05, 0.1) is 12.7 Å². The molecule has 25 heavy (non-hydrogen) atoms. The second-order valence-corrected chi connectivity index (χ2v) is 6.81. The predicted octanol–water partition coefficient (Wildman–Crippen LogP) is 3.41. The van der Waals surface area contributed by atoms with Gasteiger partial charge in [-0.15, -0.1) is 0 Å². The lowest BCUT2D eigenvalue weighted by atomic mass is 10.00. The van der Waals surface area contributed by atoms with Gasteiger partial charge in [0.15, 0.2) is 5.11 Å². The number of carbonyl (C=O) groups is 1. The molecular formula is C19H29N3O2S. The summed E-state index contributed by atoms with van der Waals surface area (Å²) < 4.78 is 4.73. The van der Waals surface area contributed by atoms with E-state index in [0.29, 0.717) is 10.7 Å². The van der Waals surface area contributed by atoms with E-state index in [1.165, 1.54) is 39.3 Å². The summed E-state index contributed by atoms with van der Waals surface area (Å²) in [6, 6.07) is 7.88. The molecule has 0 aromatic heterocycles. The van der Waals surface area contributed by atoms with E-state index in [2.05, 4.69) is 22.5 Å². The SMILES string of the molecule is CC[C@@H]1CCCCN1CCCNC(=S)Nc1cccc(C(=O)OC)c1. The Kier molecular flexibility index (Phi) is 8.15. The van der Waals surface area contributed by atoms with E-state index < -0.39 is 0 Å². The van der Waals surface area contributed by atoms with Crippen molar-refractivity contribution in [2.75, 3.05) is 32.1 Å². The molecule has 1 atom stereocenters. The van der Waals surface area contributed by atoms with Crippen LogP contribution in [0.1, 0.15) is 49.4 Å². The number of anilines is 1. The number of piperidine rings is 1. The minimum Gasteiger partial charge on any atom is -0.465 e. The Labute approximate surface area is 156 Å². The van der Waals surface area contributed by atoms with Crippen molar-refractivity contribution in [3.8, 4) is 0 Å². The minimum absolute atomic E-state index is 0.352. The van der Waals surface area contributed by atoms with Crippen molar-refractivity contribution in [2.45, 2.75) is 45.1 Å². The highest BCUT2D eigenvalue weighted by atomic mass is 32.1. The summed E-state index contributed by atoms with van der Waals surface area (Å²) in [6.45, 7) is 5.46. The zero-order valence-corrected chi connectivity index (χ0v) is 16.0. The fourth-order valence-corrected chi connectivity index (χ4v) is 3.54. The van der Waals surface area contributed by atoms with Gasteiger partial charge >= 0.3 is 5.97 Å². The van der Waals surface area contributed by atoms with Gasteiger partial charge < -0.3 is 20.3 Å². The molecule has 0 bridgehead atoms. The second kappa shape index (κ2) is 10.4. The fraction of sp³-hybridized carbons (Fsp3) is 0.579. The summed E-state index contributed by atoms with van der Waals surface area (Å²) in [5.74, 6) is -0.352. The van der Waals surface area contributed by atoms with Crippen LogP contribution in [0, 0.1) is 0 Å². The van der Waals surface area contributed by atoms with Crippen LogP contribution in [0.5, 0.6) is 0 Å². The van der Waals surface area contributed by atoms with Crippen molar-refractivity contribution in [1.29, 1.82) is 0 Å². The van der Waals surface area contributed by atoms with Crippen molar-refractivity contribution >= 4 is 29.0 Å². The molecule has 0 amide bonds. The Hall–Kier alpha value is -1.66. The van der Waals surface area contributed by atoms with Crippen LogP contribution < -0.4 is 10.6 Å². The molecule has 0 spiro atoms. The van der Waals surface area contributed by atoms with Crippen LogP contribution in [0.3, 0.4) is 0 Å². The van der Waals surface area contributed by atoms with Crippen LogP contribution in [0.2, 0.25) is 0 Å². The first-order chi connectivity index (χ1) is 12.1. The number of hydrogen-bond acceptors (Lipinski definition) is 4. The van der Waals surface area contributed by atoms with Gasteiger partial charge in [0.1, 0.15) is 0 Å². The monoisotopic (exact) mass is 363 g/mol. The van der Waals surface area contributed by atoms with Crippen molar-refractivity contribution in [2.24, 2.45) is 0 Å². The van der Waals surface area contributed by atoms with Crippen LogP contribution in [-0.2, 0) is 4.74 Å². The molecule has 0 saturated carbocycles. The summed E-state index contributed by atoms with van der Waals surface area (Å²) in [5.41, 5.74) is 1.29. The van der Waals surface area contributed by atoms with Crippen molar-refractivity contribution in [1.82, 2.24) is 10.2 Å². The first-order valence-electron chi connectivity index (χ1n) is 9.11. The van der Waals surface area contributed by atoms with Crippen LogP contribution in [0.25, 0.3) is 0 Å². The summed E-state index contributed by atoms with van der Waals surface area (Å²) in [4.78, 5) is 14.2. The van der Waals surface area contributed by atoms with Gasteiger partial charge in [-0.25, -0.2) is 4.79 Å². The zero-order chi connectivity index (χ0) is 18.1. The normalized spacial score (nSPS) is 17.8. The Morgan fingerprint density at radius 3 is 3.00 bits per heavy atom. The minimum atomic E-state index is -0.352. The van der Waals surface area contributed by atoms with Crippen molar-refractivity contribution in [3.05, 3.63) is 29.8 Å². The number of ether oxygens (including phenoxy) is 1. The maximum absolute atomic E-state index is 11.6. The third kappa shape index (κ3) is 6.29. The zero-order valence-electron chi connectivity index (χ0n) is 15.2. The molecule has 0 radical (unpaired) electrons. The molecule has 2 N–H and O–H groups in total. The molecule has 1 aromatic rings. The Morgan fingerprint density at radius 2 is 2.24 bits per heavy atom. The van der Waals surface area contributed by atoms with Crippen molar-refractivity contribution in [3.63, 3.8) is 0 Å². The molecule has 1 aromatic carbocycles. The van der Waals surface area contributed by atoms with Gasteiger partial charge in [-0.1, -0.05) is 19.4 Å². The summed E-state index contributed by atoms with van der Waals surface area (Å²) in [7, 11) is 1.38. The van der Waals surface area contributed by atoms with E-state index in [1.54, 1.807) is 18.2 Å². The molecule has 1 heterocycles. The third-order valence-electron chi connectivity index (χ3n) is 4.67. The molecule has 1 fully saturated rings. The van der Waals surface area contributed by atoms with Gasteiger partial charge in [0, 0.05) is 24.8 Å². The third-order valence-corrected chi connectivity index (χ3v) is 4.92. The van der Waals surface area contributed by atoms with E-state index >= 15 is 0 Å². The molecule has 138 valence electrons. The summed E-state index contributed by atoms with van der Waals surface area (Å²) in [5, 5.41) is 6.94. The van der Waals surface area contributed by atoms with Crippen LogP contribution in [0.15, 0.2) is 24.3 Å². The number of likely N-dealkylation sites (tertiary alicyclic amines) is 1. The van der Waals surface area contributed by atoms with E-state index in [-0.39, 0.29) is 5.97 Å². The van der Waals surface area contributed by atoms with Crippen LogP contribution in [0.4, 0.5) is 5.69 Å². The number of nitrogens with one attached hydrogen (secondary N) is 2. The second-order valence-electron chi connectivity index (χ2n) is 6.40. The van der Waals surface area contributed by atoms with E-state index in [0.717, 1.165) is 31.2 Å². The molecule has 2 rings (SSSR count). The largest absolute Gasteiger partial charge is 0.465 e. The maximum atomic E-state index is 11.6. The van der Waals surface area contributed by atoms with E-state index in [4.69, 9.17) is 17.0 Å². The smallest absolute Gasteiger partial charge is 0.337 e. The van der Waals surface area contributed by atoms with Crippen LogP contribution in [-0.4, -0.2) is 48.8 Å². The van der Waals surface area contributed by atoms with Gasteiger partial charge in [-0.2, -0.15) is 0 Å². The molecule has 1 saturated heterocycles. The number of carbonyl (C=O) groups excluding carboxylic acids is 1. The topological polar surface area (TPSA) is 53.6 Å². The van der Waals surface area contributed by atoms with Gasteiger partial charge in [0.25, 0.3) is 0 Å². The average molecular weight is 364 g/mol. The molecule has 1 aliphatic heterocycles. The molecule has 0 unspecified atom stereocenters. The predicted molar refractivity (Wildman–Crippen MR) is 106 cm³/mol. The summed E-state index contributed by atoms with van der Waals surface area (Å²) >= 11 is 5.34. The van der Waals surface area contributed by atoms with Crippen molar-refractivity contribution < 1.29 is 9.53 Å². The van der Waals surface area contributed by atoms with Gasteiger partial charge in [-0.3, -0.25) is 0 Å². The van der Waals surface area contributed by atoms with E-state index in [9.17, 15) is 4.79 Å². The number of thiocarbonyl (C=S) groups is 1. The molecule has 5 nitrogen and oxygen atoms in total. The number of nitrogens with zero attached hydrogens (tertiary/aromatic N) is 1. The Balaban J connectivity index is 1.71. The number of methoxy groups -OCH3 is 1. The lowest BCUT2D eigenvalue weighted by Crippen LogP contribution is -2.40. The number of rotatable bonds is 7. The first-order valence-corrected chi connectivity index (χ1v) is 9.52. The highest BCUT2D eigenvalue weighted by Crippen LogP contribution is 2.19. The molecule has 1 aliphatic rings. The highest BCUT2D eigenvalue weighted by Gasteiger charge is 2.19. The van der Waals surface area contributed by atoms with Gasteiger partial charge in [-0.05, 0) is 62.6 Å². The quantitative estimate of drug-likeness (QED) is 0.440. The van der Waals surface area contributed by atoms with E-state index in [1.807, 2.05) is 6.07 Å². The lowest BCUT2D eigenvalue weighted by molar-refractivity contribution is 0.0601. The highest BCUT2D eigenvalue weighted by molar-refractivity contribution is 7.80. The van der Waals surface area contributed by atoms with Gasteiger partial charge in [0.2, 0.25) is 0 Å². The summed E-state index contributed by atoms with van der Waals surface area (Å²) in [6.07, 6.45) is 6.33. The number of benzene rings is 1. The maximum Gasteiger partial charge on any atom is 0.337 e. The number of hydrogen-bond donors (Lipinski definition) is 2. The standard InChI is InChI=1S/C19H29N3O2S/c1-3-17-10-4-5-12-22(17)13-7-11-20-19(25)21-16-9-6-8-15(14-16)18(23)24-2/h6,8-9,14,17H,3-5,7,10-13H2,1-2H3,(H2,20,21,25)/t17-/m1/s1. The van der Waals surface area contributed by atoms with Crippen LogP contribution >= 0.6 is 12.2 Å². The molecule has 0 aliphatic carbocycles.